The Kier molecular flexibility index (Phi) is 2.98. The summed E-state index contributed by atoms with van der Waals surface area (Å²) >= 11 is 0. The fourth-order valence-electron chi connectivity index (χ4n) is 2.68. The van der Waals surface area contributed by atoms with Gasteiger partial charge in [0.05, 0.1) is 22.8 Å². The molecule has 21 heavy (non-hydrogen) atoms. The molecule has 2 heterocycles. The van der Waals surface area contributed by atoms with Crippen LogP contribution in [0.3, 0.4) is 0 Å². The Morgan fingerprint density at radius 1 is 0.619 bits per heavy atom. The standard InChI is InChI=1S/C18H15N3/c1-3-7-13(8-4-1)17-18(14-9-5-2-6-10-14)21-16-12-19-11-15(16)20-17/h1-10,19H,11-12H2. The molecule has 0 aliphatic carbocycles. The molecule has 1 N–H and O–H groups in total. The molecule has 0 bridgehead atoms. The van der Waals surface area contributed by atoms with Crippen LogP contribution >= 0.6 is 0 Å². The van der Waals surface area contributed by atoms with E-state index in [4.69, 9.17) is 9.97 Å². The first-order valence-electron chi connectivity index (χ1n) is 7.13. The van der Waals surface area contributed by atoms with Crippen LogP contribution in [0.1, 0.15) is 11.4 Å². The summed E-state index contributed by atoms with van der Waals surface area (Å²) < 4.78 is 0. The lowest BCUT2D eigenvalue weighted by atomic mass is 10.0. The van der Waals surface area contributed by atoms with E-state index in [1.54, 1.807) is 0 Å². The maximum Gasteiger partial charge on any atom is 0.0969 e. The molecular weight excluding hydrogens is 258 g/mol. The predicted molar refractivity (Wildman–Crippen MR) is 83.4 cm³/mol. The average Bonchev–Trinajstić information content (AvgIpc) is 3.03. The maximum atomic E-state index is 4.87. The molecule has 2 aromatic carbocycles. The van der Waals surface area contributed by atoms with Gasteiger partial charge in [-0.1, -0.05) is 60.7 Å². The average molecular weight is 273 g/mol. The van der Waals surface area contributed by atoms with Crippen LogP contribution in [0.15, 0.2) is 60.7 Å². The molecule has 0 radical (unpaired) electrons. The third-order valence-corrected chi connectivity index (χ3v) is 3.73. The van der Waals surface area contributed by atoms with Crippen molar-refractivity contribution < 1.29 is 0 Å². The minimum absolute atomic E-state index is 0.803. The highest BCUT2D eigenvalue weighted by atomic mass is 15.0. The van der Waals surface area contributed by atoms with Gasteiger partial charge in [-0.2, -0.15) is 0 Å². The second-order valence-electron chi connectivity index (χ2n) is 5.15. The molecule has 0 saturated carbocycles. The molecule has 102 valence electrons. The van der Waals surface area contributed by atoms with E-state index in [2.05, 4.69) is 29.6 Å². The summed E-state index contributed by atoms with van der Waals surface area (Å²) in [4.78, 5) is 9.75. The molecule has 1 aliphatic heterocycles. The van der Waals surface area contributed by atoms with E-state index >= 15 is 0 Å². The van der Waals surface area contributed by atoms with E-state index in [1.807, 2.05) is 36.4 Å². The highest BCUT2D eigenvalue weighted by Crippen LogP contribution is 2.30. The molecule has 0 atom stereocenters. The topological polar surface area (TPSA) is 37.8 Å². The van der Waals surface area contributed by atoms with Crippen molar-refractivity contribution in [1.82, 2.24) is 15.3 Å². The van der Waals surface area contributed by atoms with Gasteiger partial charge >= 0.3 is 0 Å². The zero-order valence-corrected chi connectivity index (χ0v) is 11.6. The fourth-order valence-corrected chi connectivity index (χ4v) is 2.68. The van der Waals surface area contributed by atoms with Gasteiger partial charge in [0.15, 0.2) is 0 Å². The van der Waals surface area contributed by atoms with Gasteiger partial charge < -0.3 is 5.32 Å². The lowest BCUT2D eigenvalue weighted by Gasteiger charge is -2.11. The molecule has 0 fully saturated rings. The summed E-state index contributed by atoms with van der Waals surface area (Å²) in [5, 5.41) is 3.32. The van der Waals surface area contributed by atoms with Crippen LogP contribution < -0.4 is 5.32 Å². The van der Waals surface area contributed by atoms with Crippen LogP contribution in [0.4, 0.5) is 0 Å². The number of nitrogens with zero attached hydrogens (tertiary/aromatic N) is 2. The zero-order valence-electron chi connectivity index (χ0n) is 11.6. The zero-order chi connectivity index (χ0) is 14.1. The Labute approximate surface area is 123 Å². The van der Waals surface area contributed by atoms with Gasteiger partial charge in [-0.3, -0.25) is 0 Å². The first-order chi connectivity index (χ1) is 10.4. The first kappa shape index (κ1) is 12.2. The number of benzene rings is 2. The summed E-state index contributed by atoms with van der Waals surface area (Å²) in [7, 11) is 0. The van der Waals surface area contributed by atoms with Crippen molar-refractivity contribution in [3.05, 3.63) is 72.1 Å². The summed E-state index contributed by atoms with van der Waals surface area (Å²) in [6.07, 6.45) is 0. The summed E-state index contributed by atoms with van der Waals surface area (Å²) in [5.74, 6) is 0. The van der Waals surface area contributed by atoms with Crippen LogP contribution in [0.2, 0.25) is 0 Å². The fraction of sp³-hybridized carbons (Fsp3) is 0.111. The SMILES string of the molecule is c1ccc(-c2nc3c(nc2-c2ccccc2)CNC3)cc1. The third kappa shape index (κ3) is 2.22. The van der Waals surface area contributed by atoms with Crippen molar-refractivity contribution in [3.8, 4) is 22.5 Å². The molecule has 0 spiro atoms. The van der Waals surface area contributed by atoms with E-state index in [-0.39, 0.29) is 0 Å². The van der Waals surface area contributed by atoms with Gasteiger partial charge in [0, 0.05) is 24.2 Å². The lowest BCUT2D eigenvalue weighted by molar-refractivity contribution is 0.753. The summed E-state index contributed by atoms with van der Waals surface area (Å²) in [5.41, 5.74) is 6.27. The minimum atomic E-state index is 0.803. The first-order valence-corrected chi connectivity index (χ1v) is 7.13. The number of hydrogen-bond donors (Lipinski definition) is 1. The monoisotopic (exact) mass is 273 g/mol. The largest absolute Gasteiger partial charge is 0.305 e. The Bertz CT molecular complexity index is 701. The molecule has 1 aromatic heterocycles. The molecule has 0 saturated heterocycles. The molecule has 0 amide bonds. The van der Waals surface area contributed by atoms with Crippen LogP contribution in [-0.4, -0.2) is 9.97 Å². The summed E-state index contributed by atoms with van der Waals surface area (Å²) in [6.45, 7) is 1.61. The van der Waals surface area contributed by atoms with Gasteiger partial charge in [0.25, 0.3) is 0 Å². The quantitative estimate of drug-likeness (QED) is 0.777. The van der Waals surface area contributed by atoms with Crippen molar-refractivity contribution in [2.45, 2.75) is 13.1 Å². The Morgan fingerprint density at radius 2 is 1.05 bits per heavy atom. The summed E-state index contributed by atoms with van der Waals surface area (Å²) in [6, 6.07) is 20.6. The number of aromatic nitrogens is 2. The number of fused-ring (bicyclic) bond motifs is 1. The van der Waals surface area contributed by atoms with Crippen molar-refractivity contribution in [2.75, 3.05) is 0 Å². The van der Waals surface area contributed by atoms with Crippen molar-refractivity contribution in [2.24, 2.45) is 0 Å². The van der Waals surface area contributed by atoms with Gasteiger partial charge in [-0.05, 0) is 0 Å². The Morgan fingerprint density at radius 3 is 1.48 bits per heavy atom. The number of nitrogens with one attached hydrogen (secondary N) is 1. The molecule has 3 aromatic rings. The highest BCUT2D eigenvalue weighted by Gasteiger charge is 2.19. The van der Waals surface area contributed by atoms with Crippen LogP contribution in [0.25, 0.3) is 22.5 Å². The van der Waals surface area contributed by atoms with Crippen molar-refractivity contribution in [1.29, 1.82) is 0 Å². The second kappa shape index (κ2) is 5.11. The second-order valence-corrected chi connectivity index (χ2v) is 5.15. The Balaban J connectivity index is 1.96. The van der Waals surface area contributed by atoms with Gasteiger partial charge in [-0.25, -0.2) is 9.97 Å². The van der Waals surface area contributed by atoms with Gasteiger partial charge in [0.1, 0.15) is 0 Å². The van der Waals surface area contributed by atoms with E-state index in [0.717, 1.165) is 47.0 Å². The molecule has 1 aliphatic rings. The number of hydrogen-bond acceptors (Lipinski definition) is 3. The van der Waals surface area contributed by atoms with E-state index in [0.29, 0.717) is 0 Å². The predicted octanol–water partition coefficient (Wildman–Crippen LogP) is 3.41. The highest BCUT2D eigenvalue weighted by molar-refractivity contribution is 5.78. The van der Waals surface area contributed by atoms with Gasteiger partial charge in [0.2, 0.25) is 0 Å². The lowest BCUT2D eigenvalue weighted by Crippen LogP contribution is -2.00. The van der Waals surface area contributed by atoms with Crippen LogP contribution in [0, 0.1) is 0 Å². The van der Waals surface area contributed by atoms with Crippen LogP contribution in [-0.2, 0) is 13.1 Å². The van der Waals surface area contributed by atoms with E-state index in [9.17, 15) is 0 Å². The molecule has 3 heteroatoms. The van der Waals surface area contributed by atoms with Gasteiger partial charge in [-0.15, -0.1) is 0 Å². The third-order valence-electron chi connectivity index (χ3n) is 3.73. The van der Waals surface area contributed by atoms with E-state index in [1.165, 1.54) is 0 Å². The van der Waals surface area contributed by atoms with Crippen molar-refractivity contribution in [3.63, 3.8) is 0 Å². The number of rotatable bonds is 2. The smallest absolute Gasteiger partial charge is 0.0969 e. The molecule has 3 nitrogen and oxygen atoms in total. The molecule has 4 rings (SSSR count). The van der Waals surface area contributed by atoms with Crippen LogP contribution in [0.5, 0.6) is 0 Å². The normalized spacial score (nSPS) is 13.1. The molecule has 0 unspecified atom stereocenters. The van der Waals surface area contributed by atoms with Crippen molar-refractivity contribution >= 4 is 0 Å². The molecular formula is C18H15N3. The van der Waals surface area contributed by atoms with E-state index < -0.39 is 0 Å². The Hall–Kier alpha value is -2.52. The minimum Gasteiger partial charge on any atom is -0.305 e. The maximum absolute atomic E-state index is 4.87.